The van der Waals surface area contributed by atoms with Gasteiger partial charge in [-0.3, -0.25) is 14.7 Å². The first-order chi connectivity index (χ1) is 15.3. The SMILES string of the molecule is Cc1nc(C(NC(=O)CCc2c(C)nc3c(C(N)=O)cnn3c2C)c2ccccc2)n[nH]1. The second-order valence-electron chi connectivity index (χ2n) is 7.61. The first kappa shape index (κ1) is 21.2. The van der Waals surface area contributed by atoms with Crippen molar-refractivity contribution in [2.75, 3.05) is 0 Å². The van der Waals surface area contributed by atoms with Crippen LogP contribution in [0.1, 0.15) is 57.0 Å². The highest BCUT2D eigenvalue weighted by Gasteiger charge is 2.22. The number of nitrogens with one attached hydrogen (secondary N) is 2. The maximum atomic E-state index is 12.9. The Bertz CT molecular complexity index is 1290. The Labute approximate surface area is 184 Å². The van der Waals surface area contributed by atoms with Crippen molar-refractivity contribution in [2.24, 2.45) is 5.73 Å². The van der Waals surface area contributed by atoms with Gasteiger partial charge in [0.2, 0.25) is 5.91 Å². The monoisotopic (exact) mass is 432 g/mol. The van der Waals surface area contributed by atoms with E-state index in [1.165, 1.54) is 6.20 Å². The van der Waals surface area contributed by atoms with Crippen LogP contribution in [0.5, 0.6) is 0 Å². The van der Waals surface area contributed by atoms with Gasteiger partial charge in [0.05, 0.1) is 6.20 Å². The molecule has 0 saturated heterocycles. The van der Waals surface area contributed by atoms with Gasteiger partial charge in [-0.2, -0.15) is 10.2 Å². The number of aromatic amines is 1. The van der Waals surface area contributed by atoms with E-state index in [-0.39, 0.29) is 17.9 Å². The quantitative estimate of drug-likeness (QED) is 0.405. The molecular formula is C22H24N8O2. The van der Waals surface area contributed by atoms with Crippen molar-refractivity contribution in [1.29, 1.82) is 0 Å². The lowest BCUT2D eigenvalue weighted by Gasteiger charge is -2.17. The zero-order valence-corrected chi connectivity index (χ0v) is 18.1. The predicted octanol–water partition coefficient (Wildman–Crippen LogP) is 1.71. The van der Waals surface area contributed by atoms with Gasteiger partial charge in [0.15, 0.2) is 11.5 Å². The van der Waals surface area contributed by atoms with Crippen molar-refractivity contribution in [1.82, 2.24) is 35.1 Å². The van der Waals surface area contributed by atoms with Crippen LogP contribution in [0.2, 0.25) is 0 Å². The van der Waals surface area contributed by atoms with Gasteiger partial charge in [-0.1, -0.05) is 30.3 Å². The third-order valence-electron chi connectivity index (χ3n) is 5.39. The van der Waals surface area contributed by atoms with Crippen LogP contribution in [-0.4, -0.2) is 41.6 Å². The van der Waals surface area contributed by atoms with Gasteiger partial charge >= 0.3 is 0 Å². The molecule has 1 unspecified atom stereocenters. The predicted molar refractivity (Wildman–Crippen MR) is 117 cm³/mol. The maximum Gasteiger partial charge on any atom is 0.254 e. The minimum atomic E-state index is -0.576. The van der Waals surface area contributed by atoms with Crippen molar-refractivity contribution < 1.29 is 9.59 Å². The highest BCUT2D eigenvalue weighted by Crippen LogP contribution is 2.21. The van der Waals surface area contributed by atoms with Crippen LogP contribution in [0.15, 0.2) is 36.5 Å². The number of H-pyrrole nitrogens is 1. The molecule has 2 amide bonds. The van der Waals surface area contributed by atoms with E-state index in [9.17, 15) is 9.59 Å². The Hall–Kier alpha value is -4.08. The maximum absolute atomic E-state index is 12.9. The summed E-state index contributed by atoms with van der Waals surface area (Å²) in [5, 5.41) is 14.3. The molecular weight excluding hydrogens is 408 g/mol. The van der Waals surface area contributed by atoms with Crippen LogP contribution in [0.3, 0.4) is 0 Å². The van der Waals surface area contributed by atoms with E-state index in [1.54, 1.807) is 4.52 Å². The summed E-state index contributed by atoms with van der Waals surface area (Å²) >= 11 is 0. The smallest absolute Gasteiger partial charge is 0.254 e. The number of rotatable bonds is 7. The lowest BCUT2D eigenvalue weighted by molar-refractivity contribution is -0.121. The highest BCUT2D eigenvalue weighted by molar-refractivity contribution is 5.98. The molecule has 32 heavy (non-hydrogen) atoms. The molecule has 0 aliphatic carbocycles. The molecule has 10 heteroatoms. The molecule has 0 aliphatic heterocycles. The first-order valence-electron chi connectivity index (χ1n) is 10.2. The lowest BCUT2D eigenvalue weighted by Crippen LogP contribution is -2.30. The van der Waals surface area contributed by atoms with Crippen molar-refractivity contribution in [2.45, 2.75) is 39.7 Å². The Balaban J connectivity index is 1.54. The number of benzene rings is 1. The van der Waals surface area contributed by atoms with Crippen LogP contribution in [0, 0.1) is 20.8 Å². The van der Waals surface area contributed by atoms with E-state index < -0.39 is 11.9 Å². The number of aromatic nitrogens is 6. The summed E-state index contributed by atoms with van der Waals surface area (Å²) < 4.78 is 1.59. The van der Waals surface area contributed by atoms with Crippen LogP contribution in [-0.2, 0) is 11.2 Å². The number of nitrogens with zero attached hydrogens (tertiary/aromatic N) is 5. The van der Waals surface area contributed by atoms with E-state index in [0.717, 1.165) is 22.5 Å². The zero-order valence-electron chi connectivity index (χ0n) is 18.1. The average molecular weight is 432 g/mol. The molecule has 4 rings (SSSR count). The summed E-state index contributed by atoms with van der Waals surface area (Å²) in [5.41, 5.74) is 9.44. The molecule has 164 valence electrons. The van der Waals surface area contributed by atoms with Gasteiger partial charge in [-0.05, 0) is 38.3 Å². The van der Waals surface area contributed by atoms with Crippen LogP contribution < -0.4 is 11.1 Å². The molecule has 3 heterocycles. The third kappa shape index (κ3) is 4.07. The second-order valence-corrected chi connectivity index (χ2v) is 7.61. The number of hydrogen-bond donors (Lipinski definition) is 3. The summed E-state index contributed by atoms with van der Waals surface area (Å²) in [6, 6.07) is 9.13. The summed E-state index contributed by atoms with van der Waals surface area (Å²) in [5.74, 6) is 0.467. The number of fused-ring (bicyclic) bond motifs is 1. The molecule has 0 bridgehead atoms. The molecule has 0 fully saturated rings. The molecule has 0 saturated carbocycles. The van der Waals surface area contributed by atoms with Crippen LogP contribution in [0.4, 0.5) is 0 Å². The fourth-order valence-electron chi connectivity index (χ4n) is 3.75. The largest absolute Gasteiger partial charge is 0.365 e. The Kier molecular flexibility index (Phi) is 5.67. The number of hydrogen-bond acceptors (Lipinski definition) is 6. The Morgan fingerprint density at radius 2 is 1.91 bits per heavy atom. The van der Waals surface area contributed by atoms with Gasteiger partial charge in [-0.25, -0.2) is 14.5 Å². The third-order valence-corrected chi connectivity index (χ3v) is 5.39. The molecule has 4 N–H and O–H groups in total. The average Bonchev–Trinajstić information content (AvgIpc) is 3.39. The number of carbonyl (C=O) groups is 2. The van der Waals surface area contributed by atoms with Gasteiger partial charge in [0.1, 0.15) is 17.4 Å². The summed E-state index contributed by atoms with van der Waals surface area (Å²) in [6.45, 7) is 5.55. The lowest BCUT2D eigenvalue weighted by atomic mass is 10.0. The van der Waals surface area contributed by atoms with Gasteiger partial charge < -0.3 is 11.1 Å². The van der Waals surface area contributed by atoms with E-state index in [2.05, 4.69) is 30.6 Å². The fourth-order valence-corrected chi connectivity index (χ4v) is 3.75. The molecule has 3 aromatic heterocycles. The fraction of sp³-hybridized carbons (Fsp3) is 0.273. The van der Waals surface area contributed by atoms with Crippen molar-refractivity contribution in [3.63, 3.8) is 0 Å². The molecule has 0 aliphatic rings. The minimum Gasteiger partial charge on any atom is -0.365 e. The van der Waals surface area contributed by atoms with Crippen molar-refractivity contribution >= 4 is 17.5 Å². The van der Waals surface area contributed by atoms with E-state index in [4.69, 9.17) is 5.73 Å². The molecule has 0 radical (unpaired) electrons. The zero-order chi connectivity index (χ0) is 22.8. The number of amides is 2. The number of nitrogens with two attached hydrogens (primary N) is 1. The van der Waals surface area contributed by atoms with E-state index in [0.29, 0.717) is 23.7 Å². The summed E-state index contributed by atoms with van der Waals surface area (Å²) in [6.07, 6.45) is 2.12. The van der Waals surface area contributed by atoms with E-state index in [1.807, 2.05) is 51.1 Å². The van der Waals surface area contributed by atoms with E-state index >= 15 is 0 Å². The van der Waals surface area contributed by atoms with Gasteiger partial charge in [0, 0.05) is 17.8 Å². The molecule has 10 nitrogen and oxygen atoms in total. The van der Waals surface area contributed by atoms with Crippen LogP contribution in [0.25, 0.3) is 5.65 Å². The summed E-state index contributed by atoms with van der Waals surface area (Å²) in [7, 11) is 0. The van der Waals surface area contributed by atoms with Crippen molar-refractivity contribution in [3.8, 4) is 0 Å². The van der Waals surface area contributed by atoms with Gasteiger partial charge in [0.25, 0.3) is 5.91 Å². The normalized spacial score (nSPS) is 12.1. The Morgan fingerprint density at radius 3 is 2.56 bits per heavy atom. The van der Waals surface area contributed by atoms with Gasteiger partial charge in [-0.15, -0.1) is 0 Å². The second kappa shape index (κ2) is 8.58. The topological polar surface area (TPSA) is 144 Å². The highest BCUT2D eigenvalue weighted by atomic mass is 16.2. The minimum absolute atomic E-state index is 0.140. The molecule has 0 spiro atoms. The molecule has 4 aromatic rings. The number of carbonyl (C=O) groups excluding carboxylic acids is 2. The first-order valence-corrected chi connectivity index (χ1v) is 10.2. The Morgan fingerprint density at radius 1 is 1.16 bits per heavy atom. The number of primary amides is 1. The standard InChI is InChI=1S/C22H24N8O2/c1-12-16(13(2)30-22(25-12)17(11-24-30)20(23)32)9-10-18(31)27-19(15-7-5-4-6-8-15)21-26-14(3)28-29-21/h4-8,11,19H,9-10H2,1-3H3,(H2,23,32)(H,27,31)(H,26,28,29). The van der Waals surface area contributed by atoms with Crippen molar-refractivity contribution in [3.05, 3.63) is 76.3 Å². The van der Waals surface area contributed by atoms with Crippen LogP contribution >= 0.6 is 0 Å². The summed E-state index contributed by atoms with van der Waals surface area (Å²) in [4.78, 5) is 33.4. The molecule has 1 atom stereocenters. The number of aryl methyl sites for hydroxylation is 3. The molecule has 1 aromatic carbocycles.